The highest BCUT2D eigenvalue weighted by molar-refractivity contribution is 7.54. The van der Waals surface area contributed by atoms with Gasteiger partial charge in [0.25, 0.3) is 0 Å². The number of amides is 1. The SMILES string of the molecule is COP(=O)(OC)C1N(Cc2ccco2)C(=O)[C@H]2[C@@H](C(=O)O)[C@@H]3C=C[C@]12O3. The zero-order valence-corrected chi connectivity index (χ0v) is 15.0. The first kappa shape index (κ1) is 17.5. The van der Waals surface area contributed by atoms with E-state index in [2.05, 4.69) is 0 Å². The minimum Gasteiger partial charge on any atom is -0.481 e. The number of rotatable bonds is 6. The summed E-state index contributed by atoms with van der Waals surface area (Å²) in [5.74, 6) is -4.32. The van der Waals surface area contributed by atoms with Crippen LogP contribution < -0.4 is 0 Å². The second kappa shape index (κ2) is 5.79. The maximum Gasteiger partial charge on any atom is 0.355 e. The Bertz CT molecular complexity index is 812. The number of hydrogen-bond acceptors (Lipinski definition) is 7. The Hall–Kier alpha value is -1.93. The fourth-order valence-corrected chi connectivity index (χ4v) is 6.19. The van der Waals surface area contributed by atoms with E-state index in [1.807, 2.05) is 0 Å². The van der Waals surface area contributed by atoms with E-state index in [4.69, 9.17) is 18.2 Å². The Kier molecular flexibility index (Phi) is 3.89. The molecule has 0 aliphatic carbocycles. The summed E-state index contributed by atoms with van der Waals surface area (Å²) in [6.07, 6.45) is 3.92. The minimum atomic E-state index is -3.83. The van der Waals surface area contributed by atoms with Gasteiger partial charge in [0.1, 0.15) is 17.3 Å². The number of ether oxygens (including phenoxy) is 1. The lowest BCUT2D eigenvalue weighted by molar-refractivity contribution is -0.148. The maximum absolute atomic E-state index is 13.3. The minimum absolute atomic E-state index is 0.000332. The van der Waals surface area contributed by atoms with Crippen LogP contribution in [0.1, 0.15) is 5.76 Å². The number of carboxylic acids is 1. The zero-order valence-electron chi connectivity index (χ0n) is 14.1. The molecule has 1 aromatic heterocycles. The van der Waals surface area contributed by atoms with Gasteiger partial charge in [-0.3, -0.25) is 14.2 Å². The number of hydrogen-bond donors (Lipinski definition) is 1. The molecular weight excluding hydrogens is 365 g/mol. The van der Waals surface area contributed by atoms with E-state index >= 15 is 0 Å². The number of carbonyl (C=O) groups is 2. The van der Waals surface area contributed by atoms with Crippen molar-refractivity contribution in [3.05, 3.63) is 36.3 Å². The van der Waals surface area contributed by atoms with E-state index in [9.17, 15) is 19.3 Å². The first-order valence-corrected chi connectivity index (χ1v) is 9.63. The molecule has 2 fully saturated rings. The average Bonchev–Trinajstić information content (AvgIpc) is 3.37. The Balaban J connectivity index is 1.84. The summed E-state index contributed by atoms with van der Waals surface area (Å²) < 4.78 is 34.9. The third kappa shape index (κ3) is 2.11. The lowest BCUT2D eigenvalue weighted by atomic mass is 9.77. The molecule has 1 N–H and O–H groups in total. The molecule has 3 aliphatic heterocycles. The van der Waals surface area contributed by atoms with Crippen LogP contribution in [-0.2, 0) is 34.5 Å². The highest BCUT2D eigenvalue weighted by atomic mass is 31.2. The molecule has 10 heteroatoms. The molecule has 26 heavy (non-hydrogen) atoms. The Morgan fingerprint density at radius 1 is 1.42 bits per heavy atom. The molecule has 4 rings (SSSR count). The number of carboxylic acid groups (broad SMARTS) is 1. The molecule has 140 valence electrons. The molecule has 1 aromatic rings. The quantitative estimate of drug-likeness (QED) is 0.580. The fraction of sp³-hybridized carbons (Fsp3) is 0.500. The Labute approximate surface area is 149 Å². The van der Waals surface area contributed by atoms with E-state index in [1.54, 1.807) is 24.3 Å². The van der Waals surface area contributed by atoms with Crippen LogP contribution in [-0.4, -0.2) is 53.6 Å². The molecule has 2 bridgehead atoms. The first-order chi connectivity index (χ1) is 12.4. The summed E-state index contributed by atoms with van der Waals surface area (Å²) in [5, 5.41) is 9.61. The Morgan fingerprint density at radius 3 is 2.73 bits per heavy atom. The van der Waals surface area contributed by atoms with E-state index in [0.29, 0.717) is 5.76 Å². The summed E-state index contributed by atoms with van der Waals surface area (Å²) in [6, 6.07) is 3.34. The fourth-order valence-electron chi connectivity index (χ4n) is 4.31. The number of likely N-dealkylation sites (tertiary alicyclic amines) is 1. The summed E-state index contributed by atoms with van der Waals surface area (Å²) in [5.41, 5.74) is -1.38. The van der Waals surface area contributed by atoms with Crippen molar-refractivity contribution >= 4 is 19.5 Å². The third-order valence-corrected chi connectivity index (χ3v) is 7.63. The smallest absolute Gasteiger partial charge is 0.355 e. The van der Waals surface area contributed by atoms with Crippen molar-refractivity contribution in [1.82, 2.24) is 4.90 Å². The summed E-state index contributed by atoms with van der Waals surface area (Å²) in [7, 11) is -1.38. The van der Waals surface area contributed by atoms with Crippen molar-refractivity contribution in [3.63, 3.8) is 0 Å². The molecule has 1 unspecified atom stereocenters. The number of fused-ring (bicyclic) bond motifs is 1. The molecule has 0 aromatic carbocycles. The van der Waals surface area contributed by atoms with Crippen LogP contribution in [0.3, 0.4) is 0 Å². The largest absolute Gasteiger partial charge is 0.481 e. The van der Waals surface area contributed by atoms with E-state index in [1.165, 1.54) is 25.4 Å². The lowest BCUT2D eigenvalue weighted by Gasteiger charge is -2.35. The van der Waals surface area contributed by atoms with Crippen molar-refractivity contribution in [2.24, 2.45) is 11.8 Å². The highest BCUT2D eigenvalue weighted by Crippen LogP contribution is 2.67. The molecule has 2 saturated heterocycles. The van der Waals surface area contributed by atoms with Crippen molar-refractivity contribution in [1.29, 1.82) is 0 Å². The van der Waals surface area contributed by atoms with Crippen LogP contribution in [0.4, 0.5) is 0 Å². The summed E-state index contributed by atoms with van der Waals surface area (Å²) >= 11 is 0. The lowest BCUT2D eigenvalue weighted by Crippen LogP contribution is -2.45. The van der Waals surface area contributed by atoms with Crippen molar-refractivity contribution < 1.29 is 37.5 Å². The van der Waals surface area contributed by atoms with Crippen LogP contribution in [0.15, 0.2) is 35.0 Å². The number of carbonyl (C=O) groups excluding carboxylic acids is 1. The van der Waals surface area contributed by atoms with Gasteiger partial charge < -0.3 is 28.2 Å². The van der Waals surface area contributed by atoms with Crippen molar-refractivity contribution in [2.75, 3.05) is 14.2 Å². The van der Waals surface area contributed by atoms with E-state index in [0.717, 1.165) is 0 Å². The van der Waals surface area contributed by atoms with Gasteiger partial charge in [0.05, 0.1) is 24.8 Å². The van der Waals surface area contributed by atoms with Crippen LogP contribution in [0, 0.1) is 11.8 Å². The van der Waals surface area contributed by atoms with Crippen LogP contribution in [0.2, 0.25) is 0 Å². The van der Waals surface area contributed by atoms with Gasteiger partial charge in [-0.15, -0.1) is 0 Å². The molecule has 1 spiro atoms. The molecule has 1 amide bonds. The molecule has 0 radical (unpaired) electrons. The molecule has 3 aliphatic rings. The second-order valence-electron chi connectivity index (χ2n) is 6.46. The van der Waals surface area contributed by atoms with Crippen LogP contribution >= 0.6 is 7.60 Å². The predicted molar refractivity (Wildman–Crippen MR) is 86.0 cm³/mol. The standard InChI is InChI=1S/C16H18NO8P/c1-22-26(21,23-2)15-16-6-5-10(25-16)11(14(19)20)12(16)13(18)17(15)8-9-4-3-7-24-9/h3-7,10-12,15H,8H2,1-2H3,(H,19,20)/t10-,11-,12+,15?,16+/m0/s1. The van der Waals surface area contributed by atoms with Gasteiger partial charge in [0.15, 0.2) is 5.78 Å². The molecular formula is C16H18NO8P. The number of furan rings is 1. The third-order valence-electron chi connectivity index (χ3n) is 5.33. The number of aliphatic carboxylic acids is 1. The van der Waals surface area contributed by atoms with Gasteiger partial charge in [0.2, 0.25) is 5.91 Å². The molecule has 0 saturated carbocycles. The van der Waals surface area contributed by atoms with Gasteiger partial charge in [-0.1, -0.05) is 12.2 Å². The van der Waals surface area contributed by atoms with Gasteiger partial charge in [-0.25, -0.2) is 0 Å². The second-order valence-corrected chi connectivity index (χ2v) is 8.76. The zero-order chi connectivity index (χ0) is 18.7. The predicted octanol–water partition coefficient (Wildman–Crippen LogP) is 1.46. The average molecular weight is 383 g/mol. The van der Waals surface area contributed by atoms with Crippen LogP contribution in [0.25, 0.3) is 0 Å². The normalized spacial score (nSPS) is 35.3. The van der Waals surface area contributed by atoms with Gasteiger partial charge in [-0.2, -0.15) is 0 Å². The van der Waals surface area contributed by atoms with Gasteiger partial charge in [0, 0.05) is 14.2 Å². The summed E-state index contributed by atoms with van der Waals surface area (Å²) in [6.45, 7) is -0.000332. The van der Waals surface area contributed by atoms with E-state index < -0.39 is 48.8 Å². The summed E-state index contributed by atoms with van der Waals surface area (Å²) in [4.78, 5) is 26.2. The highest BCUT2D eigenvalue weighted by Gasteiger charge is 2.75. The van der Waals surface area contributed by atoms with Crippen molar-refractivity contribution in [3.8, 4) is 0 Å². The van der Waals surface area contributed by atoms with Gasteiger partial charge in [-0.05, 0) is 12.1 Å². The van der Waals surface area contributed by atoms with Gasteiger partial charge >= 0.3 is 13.6 Å². The first-order valence-electron chi connectivity index (χ1n) is 8.02. The topological polar surface area (TPSA) is 116 Å². The molecule has 9 nitrogen and oxygen atoms in total. The van der Waals surface area contributed by atoms with Crippen molar-refractivity contribution in [2.45, 2.75) is 24.0 Å². The maximum atomic E-state index is 13.3. The monoisotopic (exact) mass is 383 g/mol. The molecule has 5 atom stereocenters. The van der Waals surface area contributed by atoms with Crippen LogP contribution in [0.5, 0.6) is 0 Å². The Morgan fingerprint density at radius 2 is 2.15 bits per heavy atom. The van der Waals surface area contributed by atoms with E-state index in [-0.39, 0.29) is 6.54 Å². The number of nitrogens with zero attached hydrogens (tertiary/aromatic N) is 1. The molecule has 4 heterocycles.